The van der Waals surface area contributed by atoms with Gasteiger partial charge in [0.1, 0.15) is 6.04 Å². The summed E-state index contributed by atoms with van der Waals surface area (Å²) in [6.45, 7) is 0.349. The normalized spacial score (nSPS) is 21.6. The van der Waals surface area contributed by atoms with E-state index in [9.17, 15) is 8.42 Å². The average molecular weight is 275 g/mol. The fourth-order valence-corrected chi connectivity index (χ4v) is 4.18. The zero-order valence-electron chi connectivity index (χ0n) is 9.17. The van der Waals surface area contributed by atoms with Crippen molar-refractivity contribution in [3.63, 3.8) is 0 Å². The van der Waals surface area contributed by atoms with Crippen molar-refractivity contribution < 1.29 is 8.42 Å². The zero-order valence-corrected chi connectivity index (χ0v) is 10.7. The predicted molar refractivity (Wildman–Crippen MR) is 60.7 cm³/mol. The van der Waals surface area contributed by atoms with Gasteiger partial charge in [0.25, 0.3) is 10.0 Å². The van der Waals surface area contributed by atoms with Crippen molar-refractivity contribution in [2.75, 3.05) is 6.54 Å². The number of halogens is 1. The standard InChI is InChI=1S/C9H11ClN4O2S/c1-13-9(8(10)6-12-13)17(15,16)14-4-2-3-7(14)5-11/h6-7H,2-4H2,1H3. The van der Waals surface area contributed by atoms with E-state index in [0.29, 0.717) is 19.4 Å². The van der Waals surface area contributed by atoms with Crippen LogP contribution in [0.25, 0.3) is 0 Å². The first-order valence-electron chi connectivity index (χ1n) is 5.07. The van der Waals surface area contributed by atoms with E-state index in [1.54, 1.807) is 0 Å². The van der Waals surface area contributed by atoms with Gasteiger partial charge in [0.15, 0.2) is 5.03 Å². The van der Waals surface area contributed by atoms with Crippen LogP contribution in [0.3, 0.4) is 0 Å². The van der Waals surface area contributed by atoms with Gasteiger partial charge in [-0.1, -0.05) is 11.6 Å². The number of aromatic nitrogens is 2. The van der Waals surface area contributed by atoms with Gasteiger partial charge in [-0.25, -0.2) is 8.42 Å². The Hall–Kier alpha value is -1.10. The Bertz CT molecular complexity index is 555. The third-order valence-corrected chi connectivity index (χ3v) is 5.16. The van der Waals surface area contributed by atoms with Crippen molar-refractivity contribution in [1.29, 1.82) is 5.26 Å². The Kier molecular flexibility index (Phi) is 3.12. The molecule has 1 aliphatic heterocycles. The molecule has 1 unspecified atom stereocenters. The Balaban J connectivity index is 2.48. The van der Waals surface area contributed by atoms with Crippen molar-refractivity contribution >= 4 is 21.6 Å². The molecule has 1 aromatic heterocycles. The summed E-state index contributed by atoms with van der Waals surface area (Å²) in [4.78, 5) is 0. The van der Waals surface area contributed by atoms with Gasteiger partial charge in [-0.2, -0.15) is 14.7 Å². The highest BCUT2D eigenvalue weighted by molar-refractivity contribution is 7.89. The molecule has 0 bridgehead atoms. The first-order chi connectivity index (χ1) is 7.98. The smallest absolute Gasteiger partial charge is 0.255 e. The number of hydrogen-bond donors (Lipinski definition) is 0. The van der Waals surface area contributed by atoms with Crippen LogP contribution >= 0.6 is 11.6 Å². The molecule has 2 heterocycles. The van der Waals surface area contributed by atoms with Gasteiger partial charge in [-0.3, -0.25) is 4.68 Å². The molecule has 0 aromatic carbocycles. The summed E-state index contributed by atoms with van der Waals surface area (Å²) in [5.74, 6) is 0. The SMILES string of the molecule is Cn1ncc(Cl)c1S(=O)(=O)N1CCCC1C#N. The van der Waals surface area contributed by atoms with Crippen LogP contribution in [0, 0.1) is 11.3 Å². The van der Waals surface area contributed by atoms with Crippen LogP contribution in [0.4, 0.5) is 0 Å². The summed E-state index contributed by atoms with van der Waals surface area (Å²) in [7, 11) is -2.23. The van der Waals surface area contributed by atoms with Gasteiger partial charge in [0, 0.05) is 13.6 Å². The number of aryl methyl sites for hydroxylation is 1. The Morgan fingerprint density at radius 2 is 2.35 bits per heavy atom. The highest BCUT2D eigenvalue weighted by atomic mass is 35.5. The lowest BCUT2D eigenvalue weighted by Crippen LogP contribution is -2.35. The molecule has 1 aliphatic rings. The Morgan fingerprint density at radius 3 is 2.88 bits per heavy atom. The molecule has 0 saturated carbocycles. The lowest BCUT2D eigenvalue weighted by molar-refractivity contribution is 0.430. The van der Waals surface area contributed by atoms with Crippen molar-refractivity contribution in [3.05, 3.63) is 11.2 Å². The highest BCUT2D eigenvalue weighted by Gasteiger charge is 2.38. The van der Waals surface area contributed by atoms with E-state index in [1.165, 1.54) is 22.2 Å². The number of rotatable bonds is 2. The molecule has 1 aromatic rings. The third-order valence-electron chi connectivity index (χ3n) is 2.75. The summed E-state index contributed by atoms with van der Waals surface area (Å²) in [5.41, 5.74) is 0. The molecular weight excluding hydrogens is 264 g/mol. The van der Waals surface area contributed by atoms with Crippen molar-refractivity contribution in [3.8, 4) is 6.07 Å². The largest absolute Gasteiger partial charge is 0.262 e. The van der Waals surface area contributed by atoms with E-state index in [0.717, 1.165) is 0 Å². The number of hydrogen-bond acceptors (Lipinski definition) is 4. The van der Waals surface area contributed by atoms with Crippen LogP contribution in [0.15, 0.2) is 11.2 Å². The second-order valence-electron chi connectivity index (χ2n) is 3.82. The fraction of sp³-hybridized carbons (Fsp3) is 0.556. The average Bonchev–Trinajstić information content (AvgIpc) is 2.85. The molecule has 0 spiro atoms. The molecule has 0 aliphatic carbocycles. The molecule has 0 radical (unpaired) electrons. The molecule has 8 heteroatoms. The summed E-state index contributed by atoms with van der Waals surface area (Å²) < 4.78 is 27.1. The van der Waals surface area contributed by atoms with Gasteiger partial charge in [-0.15, -0.1) is 0 Å². The molecule has 17 heavy (non-hydrogen) atoms. The molecule has 1 atom stereocenters. The fourth-order valence-electron chi connectivity index (χ4n) is 1.96. The topological polar surface area (TPSA) is 79.0 Å². The first kappa shape index (κ1) is 12.4. The minimum Gasteiger partial charge on any atom is -0.255 e. The summed E-state index contributed by atoms with van der Waals surface area (Å²) in [5, 5.41) is 12.8. The minimum atomic E-state index is -3.74. The molecule has 0 amide bonds. The van der Waals surface area contributed by atoms with Gasteiger partial charge in [-0.05, 0) is 12.8 Å². The maximum atomic E-state index is 12.3. The monoisotopic (exact) mass is 274 g/mol. The molecular formula is C9H11ClN4O2S. The van der Waals surface area contributed by atoms with Crippen LogP contribution in [0.2, 0.25) is 5.02 Å². The van der Waals surface area contributed by atoms with Crippen LogP contribution in [0.1, 0.15) is 12.8 Å². The second-order valence-corrected chi connectivity index (χ2v) is 6.04. The van der Waals surface area contributed by atoms with Crippen molar-refractivity contribution in [2.24, 2.45) is 7.05 Å². The van der Waals surface area contributed by atoms with Crippen LogP contribution < -0.4 is 0 Å². The third kappa shape index (κ3) is 1.92. The zero-order chi connectivity index (χ0) is 12.6. The van der Waals surface area contributed by atoms with Gasteiger partial charge in [0.05, 0.1) is 17.3 Å². The molecule has 2 rings (SSSR count). The van der Waals surface area contributed by atoms with E-state index >= 15 is 0 Å². The lowest BCUT2D eigenvalue weighted by Gasteiger charge is -2.19. The number of sulfonamides is 1. The van der Waals surface area contributed by atoms with E-state index in [-0.39, 0.29) is 10.0 Å². The summed E-state index contributed by atoms with van der Waals surface area (Å²) in [6.07, 6.45) is 2.53. The maximum Gasteiger partial charge on any atom is 0.262 e. The Morgan fingerprint density at radius 1 is 1.65 bits per heavy atom. The highest BCUT2D eigenvalue weighted by Crippen LogP contribution is 2.29. The van der Waals surface area contributed by atoms with Crippen LogP contribution in [-0.4, -0.2) is 35.1 Å². The predicted octanol–water partition coefficient (Wildman–Crippen LogP) is 0.750. The number of nitrogens with zero attached hydrogens (tertiary/aromatic N) is 4. The van der Waals surface area contributed by atoms with E-state index in [1.807, 2.05) is 6.07 Å². The molecule has 0 N–H and O–H groups in total. The quantitative estimate of drug-likeness (QED) is 0.797. The van der Waals surface area contributed by atoms with Crippen LogP contribution in [0.5, 0.6) is 0 Å². The van der Waals surface area contributed by atoms with Gasteiger partial charge >= 0.3 is 0 Å². The molecule has 6 nitrogen and oxygen atoms in total. The molecule has 1 fully saturated rings. The first-order valence-corrected chi connectivity index (χ1v) is 6.89. The number of nitriles is 1. The summed E-state index contributed by atoms with van der Waals surface area (Å²) >= 11 is 5.83. The van der Waals surface area contributed by atoms with E-state index in [4.69, 9.17) is 16.9 Å². The second kappa shape index (κ2) is 4.29. The minimum absolute atomic E-state index is 0.0543. The Labute approximate surface area is 104 Å². The van der Waals surface area contributed by atoms with Crippen molar-refractivity contribution in [2.45, 2.75) is 23.9 Å². The van der Waals surface area contributed by atoms with Gasteiger partial charge in [0.2, 0.25) is 0 Å². The van der Waals surface area contributed by atoms with Crippen LogP contribution in [-0.2, 0) is 17.1 Å². The summed E-state index contributed by atoms with van der Waals surface area (Å²) in [6, 6.07) is 1.39. The van der Waals surface area contributed by atoms with E-state index < -0.39 is 16.1 Å². The van der Waals surface area contributed by atoms with Crippen molar-refractivity contribution in [1.82, 2.24) is 14.1 Å². The molecule has 1 saturated heterocycles. The maximum absolute atomic E-state index is 12.3. The lowest BCUT2D eigenvalue weighted by atomic mass is 10.2. The van der Waals surface area contributed by atoms with Gasteiger partial charge < -0.3 is 0 Å². The molecule has 92 valence electrons. The van der Waals surface area contributed by atoms with E-state index in [2.05, 4.69) is 5.10 Å².